The molecule has 30 heavy (non-hydrogen) atoms. The summed E-state index contributed by atoms with van der Waals surface area (Å²) in [7, 11) is 1.45. The summed E-state index contributed by atoms with van der Waals surface area (Å²) >= 11 is 0. The van der Waals surface area contributed by atoms with Crippen molar-refractivity contribution in [2.75, 3.05) is 19.0 Å². The highest BCUT2D eigenvalue weighted by Gasteiger charge is 2.09. The van der Waals surface area contributed by atoms with Crippen LogP contribution < -0.4 is 10.6 Å². The Kier molecular flexibility index (Phi) is 5.48. The predicted molar refractivity (Wildman–Crippen MR) is 107 cm³/mol. The Balaban J connectivity index is 1.37. The van der Waals surface area contributed by atoms with Gasteiger partial charge in [-0.1, -0.05) is 6.07 Å². The molecule has 2 amide bonds. The highest BCUT2D eigenvalue weighted by molar-refractivity contribution is 5.94. The smallest absolute Gasteiger partial charge is 0.251 e. The van der Waals surface area contributed by atoms with E-state index in [-0.39, 0.29) is 18.4 Å². The zero-order valence-electron chi connectivity index (χ0n) is 16.0. The Morgan fingerprint density at radius 2 is 1.90 bits per heavy atom. The lowest BCUT2D eigenvalue weighted by molar-refractivity contribution is -0.119. The van der Waals surface area contributed by atoms with Crippen LogP contribution in [0.5, 0.6) is 0 Å². The molecule has 0 saturated carbocycles. The van der Waals surface area contributed by atoms with Gasteiger partial charge in [-0.2, -0.15) is 5.10 Å². The number of fused-ring (bicyclic) bond motifs is 1. The topological polar surface area (TPSA) is 124 Å². The first-order chi connectivity index (χ1) is 14.6. The SMILES string of the molecule is COCC(=O)Nc1cnn(-c2ccc(C(=O)NCc3ccc4nonc4c3)cc2)c1. The summed E-state index contributed by atoms with van der Waals surface area (Å²) < 4.78 is 11.1. The minimum atomic E-state index is -0.261. The summed E-state index contributed by atoms with van der Waals surface area (Å²) in [5, 5.41) is 17.3. The van der Waals surface area contributed by atoms with Gasteiger partial charge in [-0.3, -0.25) is 9.59 Å². The van der Waals surface area contributed by atoms with E-state index in [1.165, 1.54) is 13.3 Å². The first-order valence-corrected chi connectivity index (χ1v) is 9.05. The first kappa shape index (κ1) is 19.3. The van der Waals surface area contributed by atoms with Crippen molar-refractivity contribution in [3.05, 3.63) is 66.0 Å². The van der Waals surface area contributed by atoms with Crippen LogP contribution in [-0.2, 0) is 16.1 Å². The van der Waals surface area contributed by atoms with E-state index in [4.69, 9.17) is 4.74 Å². The fourth-order valence-corrected chi connectivity index (χ4v) is 2.84. The van der Waals surface area contributed by atoms with Gasteiger partial charge in [0.05, 0.1) is 23.8 Å². The number of carbonyl (C=O) groups excluding carboxylic acids is 2. The van der Waals surface area contributed by atoms with Gasteiger partial charge in [0.25, 0.3) is 5.91 Å². The Morgan fingerprint density at radius 3 is 2.70 bits per heavy atom. The molecule has 2 aromatic heterocycles. The quantitative estimate of drug-likeness (QED) is 0.480. The molecule has 0 aliphatic carbocycles. The summed E-state index contributed by atoms with van der Waals surface area (Å²) in [5.74, 6) is -0.462. The molecule has 0 bridgehead atoms. The number of methoxy groups -OCH3 is 1. The first-order valence-electron chi connectivity index (χ1n) is 9.05. The molecule has 4 rings (SSSR count). The number of hydrogen-bond donors (Lipinski definition) is 2. The van der Waals surface area contributed by atoms with E-state index in [0.29, 0.717) is 28.8 Å². The van der Waals surface area contributed by atoms with Crippen LogP contribution in [0.1, 0.15) is 15.9 Å². The maximum Gasteiger partial charge on any atom is 0.251 e. The molecule has 2 heterocycles. The van der Waals surface area contributed by atoms with Crippen LogP contribution in [0.25, 0.3) is 16.7 Å². The molecule has 10 nitrogen and oxygen atoms in total. The monoisotopic (exact) mass is 406 g/mol. The summed E-state index contributed by atoms with van der Waals surface area (Å²) in [6.07, 6.45) is 3.22. The molecule has 2 N–H and O–H groups in total. The molecular weight excluding hydrogens is 388 g/mol. The number of nitrogens with one attached hydrogen (secondary N) is 2. The third-order valence-electron chi connectivity index (χ3n) is 4.31. The second-order valence-corrected chi connectivity index (χ2v) is 6.47. The molecule has 0 saturated heterocycles. The van der Waals surface area contributed by atoms with Gasteiger partial charge in [0.15, 0.2) is 0 Å². The summed E-state index contributed by atoms with van der Waals surface area (Å²) in [6.45, 7) is 0.325. The van der Waals surface area contributed by atoms with Crippen molar-refractivity contribution in [1.29, 1.82) is 0 Å². The van der Waals surface area contributed by atoms with Gasteiger partial charge in [0.1, 0.15) is 17.6 Å². The highest BCUT2D eigenvalue weighted by atomic mass is 16.6. The maximum absolute atomic E-state index is 12.4. The minimum absolute atomic E-state index is 0.0294. The molecule has 2 aromatic carbocycles. The average molecular weight is 406 g/mol. The number of benzene rings is 2. The average Bonchev–Trinajstić information content (AvgIpc) is 3.41. The van der Waals surface area contributed by atoms with Crippen molar-refractivity contribution >= 4 is 28.5 Å². The van der Waals surface area contributed by atoms with Crippen LogP contribution >= 0.6 is 0 Å². The highest BCUT2D eigenvalue weighted by Crippen LogP contribution is 2.14. The summed E-state index contributed by atoms with van der Waals surface area (Å²) in [5.41, 5.74) is 4.02. The third-order valence-corrected chi connectivity index (χ3v) is 4.31. The molecule has 0 fully saturated rings. The maximum atomic E-state index is 12.4. The Hall–Kier alpha value is -4.05. The predicted octanol–water partition coefficient (Wildman–Crippen LogP) is 1.92. The normalized spacial score (nSPS) is 10.8. The Bertz CT molecular complexity index is 1180. The molecule has 0 aliphatic heterocycles. The molecule has 0 unspecified atom stereocenters. The molecule has 152 valence electrons. The fraction of sp³-hybridized carbons (Fsp3) is 0.150. The zero-order chi connectivity index (χ0) is 20.9. The van der Waals surface area contributed by atoms with Crippen LogP contribution in [0, 0.1) is 0 Å². The lowest BCUT2D eigenvalue weighted by Crippen LogP contribution is -2.22. The second-order valence-electron chi connectivity index (χ2n) is 6.47. The molecule has 0 spiro atoms. The van der Waals surface area contributed by atoms with Gasteiger partial charge in [0.2, 0.25) is 5.91 Å². The van der Waals surface area contributed by atoms with Crippen molar-refractivity contribution < 1.29 is 19.0 Å². The molecule has 0 aliphatic rings. The number of anilines is 1. The van der Waals surface area contributed by atoms with Crippen LogP contribution in [0.3, 0.4) is 0 Å². The lowest BCUT2D eigenvalue weighted by Gasteiger charge is -2.07. The lowest BCUT2D eigenvalue weighted by atomic mass is 10.1. The van der Waals surface area contributed by atoms with Crippen LogP contribution in [-0.4, -0.2) is 45.6 Å². The molecule has 10 heteroatoms. The fourth-order valence-electron chi connectivity index (χ4n) is 2.84. The van der Waals surface area contributed by atoms with Gasteiger partial charge in [-0.15, -0.1) is 0 Å². The minimum Gasteiger partial charge on any atom is -0.375 e. The van der Waals surface area contributed by atoms with Crippen molar-refractivity contribution in [3.8, 4) is 5.69 Å². The van der Waals surface area contributed by atoms with Crippen molar-refractivity contribution in [3.63, 3.8) is 0 Å². The van der Waals surface area contributed by atoms with Crippen LogP contribution in [0.4, 0.5) is 5.69 Å². The molecule has 4 aromatic rings. The van der Waals surface area contributed by atoms with E-state index in [1.807, 2.05) is 12.1 Å². The van der Waals surface area contributed by atoms with E-state index in [1.54, 1.807) is 41.2 Å². The largest absolute Gasteiger partial charge is 0.375 e. The van der Waals surface area contributed by atoms with Gasteiger partial charge in [-0.25, -0.2) is 9.31 Å². The van der Waals surface area contributed by atoms with E-state index in [0.717, 1.165) is 11.3 Å². The van der Waals surface area contributed by atoms with Crippen molar-refractivity contribution in [2.45, 2.75) is 6.54 Å². The van der Waals surface area contributed by atoms with Gasteiger partial charge in [0, 0.05) is 19.2 Å². The Morgan fingerprint density at radius 1 is 1.10 bits per heavy atom. The van der Waals surface area contributed by atoms with Crippen LogP contribution in [0.15, 0.2) is 59.5 Å². The van der Waals surface area contributed by atoms with Crippen molar-refractivity contribution in [1.82, 2.24) is 25.4 Å². The van der Waals surface area contributed by atoms with Gasteiger partial charge < -0.3 is 15.4 Å². The number of ether oxygens (including phenoxy) is 1. The zero-order valence-corrected chi connectivity index (χ0v) is 16.0. The van der Waals surface area contributed by atoms with E-state index >= 15 is 0 Å². The molecule has 0 radical (unpaired) electrons. The number of rotatable bonds is 7. The number of hydrogen-bond acceptors (Lipinski definition) is 7. The number of amides is 2. The second kappa shape index (κ2) is 8.53. The number of carbonyl (C=O) groups is 2. The van der Waals surface area contributed by atoms with Gasteiger partial charge in [-0.05, 0) is 52.3 Å². The van der Waals surface area contributed by atoms with E-state index < -0.39 is 0 Å². The van der Waals surface area contributed by atoms with Crippen molar-refractivity contribution in [2.24, 2.45) is 0 Å². The standard InChI is InChI=1S/C20H18N6O4/c1-29-12-19(27)23-15-10-22-26(11-15)16-5-3-14(4-6-16)20(28)21-9-13-2-7-17-18(8-13)25-30-24-17/h2-8,10-11H,9,12H2,1H3,(H,21,28)(H,23,27). The molecular formula is C20H18N6O4. The summed E-state index contributed by atoms with van der Waals surface area (Å²) in [4.78, 5) is 24.0. The van der Waals surface area contributed by atoms with E-state index in [9.17, 15) is 9.59 Å². The van der Waals surface area contributed by atoms with E-state index in [2.05, 4.69) is 30.7 Å². The molecule has 0 atom stereocenters. The summed E-state index contributed by atoms with van der Waals surface area (Å²) in [6, 6.07) is 12.4. The van der Waals surface area contributed by atoms with Crippen LogP contribution in [0.2, 0.25) is 0 Å². The number of aromatic nitrogens is 4. The van der Waals surface area contributed by atoms with Gasteiger partial charge >= 0.3 is 0 Å². The number of nitrogens with zero attached hydrogens (tertiary/aromatic N) is 4. The third kappa shape index (κ3) is 4.33. The Labute approximate surface area is 170 Å².